The zero-order valence-electron chi connectivity index (χ0n) is 11.6. The lowest BCUT2D eigenvalue weighted by Crippen LogP contribution is -2.38. The van der Waals surface area contributed by atoms with E-state index in [2.05, 4.69) is 0 Å². The van der Waals surface area contributed by atoms with Gasteiger partial charge in [-0.1, -0.05) is 23.2 Å². The van der Waals surface area contributed by atoms with E-state index >= 15 is 0 Å². The first-order chi connectivity index (χ1) is 9.62. The van der Waals surface area contributed by atoms with Gasteiger partial charge in [-0.05, 0) is 19.1 Å². The summed E-state index contributed by atoms with van der Waals surface area (Å²) in [4.78, 5) is 10.7. The number of hydrogen-bond donors (Lipinski definition) is 1. The maximum atomic E-state index is 12.5. The molecule has 0 saturated carbocycles. The Labute approximate surface area is 133 Å². The molecule has 9 heteroatoms. The third-order valence-corrected chi connectivity index (χ3v) is 5.65. The Morgan fingerprint density at radius 2 is 2.00 bits per heavy atom. The van der Waals surface area contributed by atoms with Crippen LogP contribution in [0.2, 0.25) is 10.0 Å². The van der Waals surface area contributed by atoms with Gasteiger partial charge in [-0.3, -0.25) is 0 Å². The van der Waals surface area contributed by atoms with Crippen molar-refractivity contribution in [2.24, 2.45) is 0 Å². The van der Waals surface area contributed by atoms with Crippen molar-refractivity contribution >= 4 is 39.2 Å². The number of carboxylic acid groups (broad SMARTS) is 1. The van der Waals surface area contributed by atoms with Crippen LogP contribution in [-0.4, -0.2) is 50.6 Å². The molecule has 1 unspecified atom stereocenters. The summed E-state index contributed by atoms with van der Waals surface area (Å²) in [6.07, 6.45) is 0. The average molecular weight is 356 g/mol. The van der Waals surface area contributed by atoms with Crippen molar-refractivity contribution < 1.29 is 23.1 Å². The molecule has 0 aliphatic rings. The van der Waals surface area contributed by atoms with Crippen LogP contribution in [-0.2, 0) is 14.8 Å². The van der Waals surface area contributed by atoms with Crippen LogP contribution in [0.15, 0.2) is 17.0 Å². The predicted molar refractivity (Wildman–Crippen MR) is 79.7 cm³/mol. The van der Waals surface area contributed by atoms with Gasteiger partial charge in [0.1, 0.15) is 4.90 Å². The summed E-state index contributed by atoms with van der Waals surface area (Å²) < 4.78 is 31.0. The van der Waals surface area contributed by atoms with Crippen molar-refractivity contribution in [3.05, 3.63) is 27.7 Å². The Bertz CT molecular complexity index is 647. The fourth-order valence-electron chi connectivity index (χ4n) is 1.65. The van der Waals surface area contributed by atoms with Crippen molar-refractivity contribution in [2.45, 2.75) is 17.9 Å². The topological polar surface area (TPSA) is 83.9 Å². The molecular weight excluding hydrogens is 341 g/mol. The number of rotatable bonds is 6. The monoisotopic (exact) mass is 355 g/mol. The van der Waals surface area contributed by atoms with Crippen molar-refractivity contribution in [1.82, 2.24) is 4.31 Å². The number of halogens is 2. The van der Waals surface area contributed by atoms with Crippen LogP contribution in [0.5, 0.6) is 0 Å². The van der Waals surface area contributed by atoms with Gasteiger partial charge in [0, 0.05) is 25.2 Å². The number of aromatic carboxylic acids is 1. The van der Waals surface area contributed by atoms with Crippen LogP contribution in [0.25, 0.3) is 0 Å². The molecule has 1 N–H and O–H groups in total. The zero-order chi connectivity index (χ0) is 16.4. The maximum absolute atomic E-state index is 12.5. The van der Waals surface area contributed by atoms with Crippen LogP contribution >= 0.6 is 23.2 Å². The van der Waals surface area contributed by atoms with Crippen LogP contribution in [0.3, 0.4) is 0 Å². The van der Waals surface area contributed by atoms with Gasteiger partial charge in [0.2, 0.25) is 10.0 Å². The third kappa shape index (κ3) is 3.87. The highest BCUT2D eigenvalue weighted by Crippen LogP contribution is 2.31. The second-order valence-electron chi connectivity index (χ2n) is 4.40. The van der Waals surface area contributed by atoms with Crippen molar-refractivity contribution in [2.75, 3.05) is 20.8 Å². The van der Waals surface area contributed by atoms with E-state index in [0.29, 0.717) is 0 Å². The highest BCUT2D eigenvalue weighted by atomic mass is 35.5. The molecule has 6 nitrogen and oxygen atoms in total. The fraction of sp³-hybridized carbons (Fsp3) is 0.417. The molecule has 0 aliphatic heterocycles. The number of ether oxygens (including phenoxy) is 1. The minimum Gasteiger partial charge on any atom is -0.478 e. The van der Waals surface area contributed by atoms with Gasteiger partial charge in [0.05, 0.1) is 17.2 Å². The lowest BCUT2D eigenvalue weighted by atomic mass is 10.2. The number of carbonyl (C=O) groups is 1. The van der Waals surface area contributed by atoms with Gasteiger partial charge < -0.3 is 9.84 Å². The zero-order valence-corrected chi connectivity index (χ0v) is 14.0. The number of carboxylic acids is 1. The molecule has 0 aromatic heterocycles. The van der Waals surface area contributed by atoms with Gasteiger partial charge >= 0.3 is 5.97 Å². The SMILES string of the molecule is COCC(C)N(C)S(=O)(=O)c1cc(Cl)cc(C(=O)O)c1Cl. The summed E-state index contributed by atoms with van der Waals surface area (Å²) >= 11 is 11.7. The second-order valence-corrected chi connectivity index (χ2v) is 7.18. The Morgan fingerprint density at radius 3 is 2.48 bits per heavy atom. The van der Waals surface area contributed by atoms with Crippen molar-refractivity contribution in [1.29, 1.82) is 0 Å². The van der Waals surface area contributed by atoms with Crippen LogP contribution in [0.1, 0.15) is 17.3 Å². The first-order valence-electron chi connectivity index (χ1n) is 5.82. The quantitative estimate of drug-likeness (QED) is 0.846. The van der Waals surface area contributed by atoms with E-state index in [4.69, 9.17) is 33.0 Å². The molecule has 1 atom stereocenters. The highest BCUT2D eigenvalue weighted by Gasteiger charge is 2.30. The summed E-state index contributed by atoms with van der Waals surface area (Å²) in [7, 11) is -1.19. The summed E-state index contributed by atoms with van der Waals surface area (Å²) in [6, 6.07) is 1.77. The van der Waals surface area contributed by atoms with E-state index in [9.17, 15) is 13.2 Å². The van der Waals surface area contributed by atoms with Gasteiger partial charge in [0.25, 0.3) is 0 Å². The molecule has 21 heavy (non-hydrogen) atoms. The van der Waals surface area contributed by atoms with Gasteiger partial charge in [0.15, 0.2) is 0 Å². The molecule has 0 aliphatic carbocycles. The molecule has 1 aromatic rings. The van der Waals surface area contributed by atoms with Crippen LogP contribution in [0.4, 0.5) is 0 Å². The molecule has 0 bridgehead atoms. The Balaban J connectivity index is 3.42. The number of benzene rings is 1. The van der Waals surface area contributed by atoms with E-state index in [0.717, 1.165) is 16.4 Å². The Hall–Kier alpha value is -0.860. The van der Waals surface area contributed by atoms with E-state index < -0.39 is 22.0 Å². The smallest absolute Gasteiger partial charge is 0.337 e. The molecule has 0 spiro atoms. The van der Waals surface area contributed by atoms with Crippen molar-refractivity contribution in [3.63, 3.8) is 0 Å². The maximum Gasteiger partial charge on any atom is 0.337 e. The van der Waals surface area contributed by atoms with E-state index in [-0.39, 0.29) is 27.1 Å². The first kappa shape index (κ1) is 18.2. The lowest BCUT2D eigenvalue weighted by molar-refractivity contribution is 0.0697. The minimum absolute atomic E-state index is 0.0248. The highest BCUT2D eigenvalue weighted by molar-refractivity contribution is 7.89. The molecular formula is C12H15Cl2NO5S. The number of sulfonamides is 1. The second kappa shape index (κ2) is 6.93. The molecule has 1 rings (SSSR count). The lowest BCUT2D eigenvalue weighted by Gasteiger charge is -2.24. The van der Waals surface area contributed by atoms with E-state index in [1.165, 1.54) is 14.2 Å². The first-order valence-corrected chi connectivity index (χ1v) is 8.01. The summed E-state index contributed by atoms with van der Waals surface area (Å²) in [5.41, 5.74) is -0.365. The number of nitrogens with zero attached hydrogens (tertiary/aromatic N) is 1. The summed E-state index contributed by atoms with van der Waals surface area (Å²) in [5.74, 6) is -1.36. The van der Waals surface area contributed by atoms with Gasteiger partial charge in [-0.2, -0.15) is 4.31 Å². The summed E-state index contributed by atoms with van der Waals surface area (Å²) in [5, 5.41) is 8.64. The van der Waals surface area contributed by atoms with Gasteiger partial charge in [-0.25, -0.2) is 13.2 Å². The standard InChI is InChI=1S/C12H15Cl2NO5S/c1-7(6-20-3)15(2)21(18,19)10-5-8(13)4-9(11(10)14)12(16)17/h4-5,7H,6H2,1-3H3,(H,16,17). The third-order valence-electron chi connectivity index (χ3n) is 2.92. The number of hydrogen-bond acceptors (Lipinski definition) is 4. The molecule has 0 heterocycles. The molecule has 0 fully saturated rings. The van der Waals surface area contributed by atoms with Gasteiger partial charge in [-0.15, -0.1) is 0 Å². The fourth-order valence-corrected chi connectivity index (χ4v) is 3.87. The largest absolute Gasteiger partial charge is 0.478 e. The van der Waals surface area contributed by atoms with Crippen LogP contribution in [0, 0.1) is 0 Å². The predicted octanol–water partition coefficient (Wildman–Crippen LogP) is 2.35. The normalized spacial score (nSPS) is 13.4. The molecule has 118 valence electrons. The summed E-state index contributed by atoms with van der Waals surface area (Å²) in [6.45, 7) is 1.83. The molecule has 1 aromatic carbocycles. The van der Waals surface area contributed by atoms with Crippen LogP contribution < -0.4 is 0 Å². The molecule has 0 radical (unpaired) electrons. The molecule has 0 saturated heterocycles. The number of likely N-dealkylation sites (N-methyl/N-ethyl adjacent to an activating group) is 1. The van der Waals surface area contributed by atoms with E-state index in [1.54, 1.807) is 6.92 Å². The van der Waals surface area contributed by atoms with Crippen molar-refractivity contribution in [3.8, 4) is 0 Å². The van der Waals surface area contributed by atoms with E-state index in [1.807, 2.05) is 0 Å². The Morgan fingerprint density at radius 1 is 1.43 bits per heavy atom. The Kier molecular flexibility index (Phi) is 6.01. The molecule has 0 amide bonds. The number of methoxy groups -OCH3 is 1. The minimum atomic E-state index is -4.00. The average Bonchev–Trinajstić information content (AvgIpc) is 2.39.